The van der Waals surface area contributed by atoms with Gasteiger partial charge in [-0.15, -0.1) is 0 Å². The second-order valence-corrected chi connectivity index (χ2v) is 7.15. The quantitative estimate of drug-likeness (QED) is 0.792. The maximum atomic E-state index is 12.8. The molecule has 130 valence electrons. The summed E-state index contributed by atoms with van der Waals surface area (Å²) in [4.78, 5) is 26.3. The Bertz CT molecular complexity index is 857. The number of carbonyl (C=O) groups is 2. The number of nitrogens with one attached hydrogen (secondary N) is 1. The maximum absolute atomic E-state index is 12.8. The van der Waals surface area contributed by atoms with Crippen LogP contribution in [0.1, 0.15) is 23.1 Å². The molecule has 0 saturated carbocycles. The van der Waals surface area contributed by atoms with E-state index >= 15 is 0 Å². The van der Waals surface area contributed by atoms with Gasteiger partial charge in [0, 0.05) is 5.69 Å². The van der Waals surface area contributed by atoms with Gasteiger partial charge in [-0.05, 0) is 50.1 Å². The molecule has 1 fully saturated rings. The molecule has 6 heteroatoms. The van der Waals surface area contributed by atoms with Crippen LogP contribution < -0.4 is 10.2 Å². The number of hydrogen-bond acceptors (Lipinski definition) is 3. The van der Waals surface area contributed by atoms with Gasteiger partial charge < -0.3 is 5.32 Å². The predicted octanol–water partition coefficient (Wildman–Crippen LogP) is 4.66. The molecule has 0 bridgehead atoms. The Balaban J connectivity index is 1.88. The van der Waals surface area contributed by atoms with Crippen molar-refractivity contribution in [3.63, 3.8) is 0 Å². The normalized spacial score (nSPS) is 17.3. The summed E-state index contributed by atoms with van der Waals surface area (Å²) in [5.41, 5.74) is 4.59. The molecule has 1 aliphatic rings. The van der Waals surface area contributed by atoms with Gasteiger partial charge in [-0.1, -0.05) is 40.9 Å². The lowest BCUT2D eigenvalue weighted by atomic mass is 10.0. The summed E-state index contributed by atoms with van der Waals surface area (Å²) in [7, 11) is 0. The second kappa shape index (κ2) is 6.70. The molecule has 0 aliphatic carbocycles. The van der Waals surface area contributed by atoms with Gasteiger partial charge in [-0.3, -0.25) is 9.59 Å². The highest BCUT2D eigenvalue weighted by atomic mass is 35.5. The maximum Gasteiger partial charge on any atom is 0.256 e. The van der Waals surface area contributed by atoms with Crippen LogP contribution in [0.3, 0.4) is 0 Å². The van der Waals surface area contributed by atoms with Crippen LogP contribution in [0.15, 0.2) is 30.3 Å². The monoisotopic (exact) mass is 376 g/mol. The number of carbonyl (C=O) groups excluding carboxylic acids is 2. The second-order valence-electron chi connectivity index (χ2n) is 6.34. The molecular weight excluding hydrogens is 359 g/mol. The molecule has 4 nitrogen and oxygen atoms in total. The summed E-state index contributed by atoms with van der Waals surface area (Å²) in [6, 6.07) is 8.23. The number of anilines is 2. The first kappa shape index (κ1) is 17.8. The third-order valence-electron chi connectivity index (χ3n) is 4.30. The first-order valence-corrected chi connectivity index (χ1v) is 8.69. The zero-order chi connectivity index (χ0) is 18.3. The van der Waals surface area contributed by atoms with Crippen LogP contribution in [0.4, 0.5) is 11.4 Å². The Kier molecular flexibility index (Phi) is 4.76. The molecular formula is C19H18Cl2N2O2. The number of hydrogen-bond donors (Lipinski definition) is 1. The molecule has 1 N–H and O–H groups in total. The summed E-state index contributed by atoms with van der Waals surface area (Å²) >= 11 is 11.9. The lowest BCUT2D eigenvalue weighted by molar-refractivity contribution is -0.121. The van der Waals surface area contributed by atoms with E-state index in [4.69, 9.17) is 23.2 Å². The molecule has 1 heterocycles. The highest BCUT2D eigenvalue weighted by Gasteiger charge is 2.40. The van der Waals surface area contributed by atoms with Crippen molar-refractivity contribution in [1.29, 1.82) is 0 Å². The fourth-order valence-electron chi connectivity index (χ4n) is 3.22. The molecule has 1 aliphatic heterocycles. The minimum absolute atomic E-state index is 0.103. The Labute approximate surface area is 156 Å². The summed E-state index contributed by atoms with van der Waals surface area (Å²) in [5.74, 6) is -0.550. The molecule has 0 aromatic heterocycles. The fourth-order valence-corrected chi connectivity index (χ4v) is 3.51. The summed E-state index contributed by atoms with van der Waals surface area (Å²) in [6.07, 6.45) is 0.103. The minimum Gasteiger partial charge on any atom is -0.373 e. The first-order valence-electron chi connectivity index (χ1n) is 7.94. The molecule has 2 aromatic rings. The first-order chi connectivity index (χ1) is 11.8. The Hall–Kier alpha value is -2.04. The number of amides is 2. The van der Waals surface area contributed by atoms with Crippen LogP contribution in [0.2, 0.25) is 10.0 Å². The standard InChI is InChI=1S/C19H18Cl2N2O2/c1-10-6-11(2)18(12(3)7-10)22-16-9-17(24)23(19(16)25)13-4-5-14(20)15(21)8-13/h4-8,16,22H,9H2,1-3H3/t16-/m0/s1. The fraction of sp³-hybridized carbons (Fsp3) is 0.263. The van der Waals surface area contributed by atoms with Crippen molar-refractivity contribution in [2.75, 3.05) is 10.2 Å². The average molecular weight is 377 g/mol. The van der Waals surface area contributed by atoms with E-state index in [1.165, 1.54) is 11.0 Å². The van der Waals surface area contributed by atoms with E-state index < -0.39 is 6.04 Å². The highest BCUT2D eigenvalue weighted by Crippen LogP contribution is 2.32. The van der Waals surface area contributed by atoms with E-state index in [0.29, 0.717) is 15.7 Å². The smallest absolute Gasteiger partial charge is 0.256 e. The van der Waals surface area contributed by atoms with Crippen LogP contribution in [-0.2, 0) is 9.59 Å². The van der Waals surface area contributed by atoms with E-state index in [1.807, 2.05) is 32.9 Å². The molecule has 1 saturated heterocycles. The lowest BCUT2D eigenvalue weighted by Crippen LogP contribution is -2.35. The van der Waals surface area contributed by atoms with Crippen molar-refractivity contribution < 1.29 is 9.59 Å². The molecule has 25 heavy (non-hydrogen) atoms. The van der Waals surface area contributed by atoms with Crippen molar-refractivity contribution in [2.45, 2.75) is 33.2 Å². The van der Waals surface area contributed by atoms with E-state index in [9.17, 15) is 9.59 Å². The van der Waals surface area contributed by atoms with E-state index in [2.05, 4.69) is 5.32 Å². The van der Waals surface area contributed by atoms with Gasteiger partial charge in [0.25, 0.3) is 5.91 Å². The third kappa shape index (κ3) is 3.37. The van der Waals surface area contributed by atoms with Gasteiger partial charge in [0.2, 0.25) is 5.91 Å². The predicted molar refractivity (Wildman–Crippen MR) is 102 cm³/mol. The van der Waals surface area contributed by atoms with Crippen LogP contribution in [0, 0.1) is 20.8 Å². The molecule has 2 amide bonds. The van der Waals surface area contributed by atoms with Gasteiger partial charge in [-0.25, -0.2) is 4.90 Å². The number of aryl methyl sites for hydroxylation is 3. The average Bonchev–Trinajstić information content (AvgIpc) is 2.80. The molecule has 1 atom stereocenters. The molecule has 0 spiro atoms. The third-order valence-corrected chi connectivity index (χ3v) is 5.04. The minimum atomic E-state index is -0.595. The van der Waals surface area contributed by atoms with Crippen LogP contribution >= 0.6 is 23.2 Å². The number of nitrogens with zero attached hydrogens (tertiary/aromatic N) is 1. The molecule has 0 unspecified atom stereocenters. The van der Waals surface area contributed by atoms with Crippen molar-refractivity contribution in [3.05, 3.63) is 57.1 Å². The zero-order valence-corrected chi connectivity index (χ0v) is 15.7. The molecule has 0 radical (unpaired) electrons. The largest absolute Gasteiger partial charge is 0.373 e. The SMILES string of the molecule is Cc1cc(C)c(N[C@H]2CC(=O)N(c3ccc(Cl)c(Cl)c3)C2=O)c(C)c1. The van der Waals surface area contributed by atoms with E-state index in [0.717, 1.165) is 22.4 Å². The van der Waals surface area contributed by atoms with Crippen molar-refractivity contribution in [2.24, 2.45) is 0 Å². The Morgan fingerprint density at radius 1 is 1.00 bits per heavy atom. The Morgan fingerprint density at radius 3 is 2.24 bits per heavy atom. The van der Waals surface area contributed by atoms with Crippen LogP contribution in [-0.4, -0.2) is 17.9 Å². The van der Waals surface area contributed by atoms with Crippen LogP contribution in [0.5, 0.6) is 0 Å². The molecule has 3 rings (SSSR count). The van der Waals surface area contributed by atoms with Gasteiger partial charge in [0.05, 0.1) is 22.2 Å². The van der Waals surface area contributed by atoms with Crippen molar-refractivity contribution in [1.82, 2.24) is 0 Å². The van der Waals surface area contributed by atoms with E-state index in [1.54, 1.807) is 12.1 Å². The van der Waals surface area contributed by atoms with Gasteiger partial charge in [-0.2, -0.15) is 0 Å². The van der Waals surface area contributed by atoms with Crippen molar-refractivity contribution in [3.8, 4) is 0 Å². The zero-order valence-electron chi connectivity index (χ0n) is 14.2. The highest BCUT2D eigenvalue weighted by molar-refractivity contribution is 6.42. The summed E-state index contributed by atoms with van der Waals surface area (Å²) < 4.78 is 0. The molecule has 2 aromatic carbocycles. The van der Waals surface area contributed by atoms with Gasteiger partial charge in [0.1, 0.15) is 6.04 Å². The summed E-state index contributed by atoms with van der Waals surface area (Å²) in [5, 5.41) is 3.93. The number of benzene rings is 2. The number of halogens is 2. The van der Waals surface area contributed by atoms with Crippen LogP contribution in [0.25, 0.3) is 0 Å². The number of rotatable bonds is 3. The topological polar surface area (TPSA) is 49.4 Å². The Morgan fingerprint density at radius 2 is 1.64 bits per heavy atom. The lowest BCUT2D eigenvalue weighted by Gasteiger charge is -2.19. The summed E-state index contributed by atoms with van der Waals surface area (Å²) in [6.45, 7) is 6.00. The van der Waals surface area contributed by atoms with Crippen molar-refractivity contribution >= 4 is 46.4 Å². The van der Waals surface area contributed by atoms with Gasteiger partial charge >= 0.3 is 0 Å². The number of imide groups is 1. The van der Waals surface area contributed by atoms with Gasteiger partial charge in [0.15, 0.2) is 0 Å². The van der Waals surface area contributed by atoms with E-state index in [-0.39, 0.29) is 18.2 Å².